The van der Waals surface area contributed by atoms with E-state index < -0.39 is 6.04 Å². The van der Waals surface area contributed by atoms with Gasteiger partial charge in [-0.25, -0.2) is 4.98 Å². The third-order valence-electron chi connectivity index (χ3n) is 5.62. The lowest BCUT2D eigenvalue weighted by Crippen LogP contribution is -2.30. The molecule has 7 heteroatoms. The molecule has 0 aliphatic heterocycles. The smallest absolute Gasteiger partial charge is 0.251 e. The quantitative estimate of drug-likeness (QED) is 0.402. The molecule has 2 amide bonds. The molecular formula is C26H25ClN4O2. The predicted octanol–water partition coefficient (Wildman–Crippen LogP) is 5.44. The van der Waals surface area contributed by atoms with E-state index in [4.69, 9.17) is 16.6 Å². The fourth-order valence-corrected chi connectivity index (χ4v) is 3.83. The highest BCUT2D eigenvalue weighted by Gasteiger charge is 2.20. The van der Waals surface area contributed by atoms with E-state index in [1.807, 2.05) is 67.8 Å². The highest BCUT2D eigenvalue weighted by Crippen LogP contribution is 2.22. The summed E-state index contributed by atoms with van der Waals surface area (Å²) in [5, 5.41) is 6.50. The number of hydrogen-bond acceptors (Lipinski definition) is 3. The van der Waals surface area contributed by atoms with Crippen LogP contribution >= 0.6 is 11.6 Å². The molecule has 0 radical (unpaired) electrons. The van der Waals surface area contributed by atoms with Gasteiger partial charge in [-0.15, -0.1) is 0 Å². The van der Waals surface area contributed by atoms with E-state index in [2.05, 4.69) is 10.6 Å². The Morgan fingerprint density at radius 1 is 1.00 bits per heavy atom. The van der Waals surface area contributed by atoms with Crippen molar-refractivity contribution in [3.05, 3.63) is 94.3 Å². The van der Waals surface area contributed by atoms with Crippen LogP contribution in [0, 0.1) is 13.8 Å². The van der Waals surface area contributed by atoms with Crippen molar-refractivity contribution in [2.75, 3.05) is 5.32 Å². The molecule has 0 saturated carbocycles. The Morgan fingerprint density at radius 3 is 2.45 bits per heavy atom. The molecule has 1 atom stereocenters. The summed E-state index contributed by atoms with van der Waals surface area (Å²) in [6.45, 7) is 5.97. The zero-order chi connectivity index (χ0) is 23.5. The molecule has 1 unspecified atom stereocenters. The lowest BCUT2D eigenvalue weighted by molar-refractivity contribution is -0.116. The summed E-state index contributed by atoms with van der Waals surface area (Å²) in [6, 6.07) is 19.7. The monoisotopic (exact) mass is 460 g/mol. The van der Waals surface area contributed by atoms with E-state index in [0.717, 1.165) is 22.3 Å². The molecule has 3 aromatic carbocycles. The third kappa shape index (κ3) is 5.07. The lowest BCUT2D eigenvalue weighted by Gasteiger charge is -2.17. The fourth-order valence-electron chi connectivity index (χ4n) is 3.70. The molecule has 4 rings (SSSR count). The number of benzene rings is 3. The summed E-state index contributed by atoms with van der Waals surface area (Å²) in [5.74, 6) is 0.199. The van der Waals surface area contributed by atoms with Crippen molar-refractivity contribution in [2.24, 2.45) is 0 Å². The Labute approximate surface area is 197 Å². The number of rotatable bonds is 6. The molecule has 0 bridgehead atoms. The van der Waals surface area contributed by atoms with Crippen molar-refractivity contribution in [1.82, 2.24) is 14.9 Å². The Bertz CT molecular complexity index is 1330. The van der Waals surface area contributed by atoms with E-state index in [9.17, 15) is 9.59 Å². The Hall–Kier alpha value is -3.64. The maximum Gasteiger partial charge on any atom is 0.251 e. The second kappa shape index (κ2) is 9.46. The summed E-state index contributed by atoms with van der Waals surface area (Å²) >= 11 is 5.92. The number of aromatic nitrogens is 2. The maximum atomic E-state index is 12.9. The highest BCUT2D eigenvalue weighted by molar-refractivity contribution is 6.30. The van der Waals surface area contributed by atoms with Gasteiger partial charge in [-0.2, -0.15) is 0 Å². The molecule has 4 aromatic rings. The Morgan fingerprint density at radius 2 is 1.73 bits per heavy atom. The van der Waals surface area contributed by atoms with E-state index in [1.165, 1.54) is 5.56 Å². The van der Waals surface area contributed by atoms with E-state index >= 15 is 0 Å². The molecule has 6 nitrogen and oxygen atoms in total. The summed E-state index contributed by atoms with van der Waals surface area (Å²) in [7, 11) is 0. The van der Waals surface area contributed by atoms with Gasteiger partial charge >= 0.3 is 0 Å². The second-order valence-corrected chi connectivity index (χ2v) is 8.53. The molecule has 1 aromatic heterocycles. The number of halogens is 1. The number of carbonyl (C=O) groups is 2. The molecule has 0 saturated heterocycles. The first-order valence-corrected chi connectivity index (χ1v) is 11.1. The zero-order valence-corrected chi connectivity index (χ0v) is 19.5. The molecular weight excluding hydrogens is 436 g/mol. The van der Waals surface area contributed by atoms with Gasteiger partial charge in [0.25, 0.3) is 5.91 Å². The first kappa shape index (κ1) is 22.6. The number of para-hydroxylation sites is 2. The lowest BCUT2D eigenvalue weighted by atomic mass is 10.1. The predicted molar refractivity (Wildman–Crippen MR) is 132 cm³/mol. The maximum absolute atomic E-state index is 12.9. The van der Waals surface area contributed by atoms with Crippen LogP contribution in [0.15, 0.2) is 66.7 Å². The van der Waals surface area contributed by atoms with Crippen LogP contribution in [0.4, 0.5) is 5.69 Å². The van der Waals surface area contributed by atoms with Gasteiger partial charge in [-0.3, -0.25) is 9.59 Å². The van der Waals surface area contributed by atoms with Crippen molar-refractivity contribution in [1.29, 1.82) is 0 Å². The number of carbonyl (C=O) groups excluding carboxylic acids is 2. The van der Waals surface area contributed by atoms with Gasteiger partial charge in [0, 0.05) is 16.3 Å². The SMILES string of the molecule is Cc1ccc(NC(=O)Cn2c(C(C)NC(=O)c3ccc(Cl)cc3)nc3ccccc32)cc1C. The van der Waals surface area contributed by atoms with Crippen molar-refractivity contribution in [3.8, 4) is 0 Å². The third-order valence-corrected chi connectivity index (χ3v) is 5.87. The standard InChI is InChI=1S/C26H25ClN4O2/c1-16-8-13-21(14-17(16)2)29-24(32)15-31-23-7-5-4-6-22(23)30-25(31)18(3)28-26(33)19-9-11-20(27)12-10-19/h4-14,18H,15H2,1-3H3,(H,28,33)(H,29,32). The first-order valence-electron chi connectivity index (χ1n) is 10.7. The van der Waals surface area contributed by atoms with Crippen molar-refractivity contribution < 1.29 is 9.59 Å². The largest absolute Gasteiger partial charge is 0.342 e. The van der Waals surface area contributed by atoms with Gasteiger partial charge in [-0.1, -0.05) is 29.8 Å². The van der Waals surface area contributed by atoms with E-state index in [-0.39, 0.29) is 18.4 Å². The van der Waals surface area contributed by atoms with E-state index in [1.54, 1.807) is 24.3 Å². The van der Waals surface area contributed by atoms with Crippen LogP contribution in [0.2, 0.25) is 5.02 Å². The van der Waals surface area contributed by atoms with Gasteiger partial charge in [-0.05, 0) is 80.4 Å². The molecule has 168 valence electrons. The molecule has 2 N–H and O–H groups in total. The number of aryl methyl sites for hydroxylation is 2. The normalized spacial score (nSPS) is 11.9. The Balaban J connectivity index is 1.58. The molecule has 33 heavy (non-hydrogen) atoms. The minimum Gasteiger partial charge on any atom is -0.342 e. The summed E-state index contributed by atoms with van der Waals surface area (Å²) < 4.78 is 1.85. The second-order valence-electron chi connectivity index (χ2n) is 8.09. The fraction of sp³-hybridized carbons (Fsp3) is 0.192. The number of anilines is 1. The van der Waals surface area contributed by atoms with Crippen molar-refractivity contribution >= 4 is 40.1 Å². The van der Waals surface area contributed by atoms with Gasteiger partial charge in [0.1, 0.15) is 12.4 Å². The average molecular weight is 461 g/mol. The van der Waals surface area contributed by atoms with Gasteiger partial charge in [0.2, 0.25) is 5.91 Å². The van der Waals surface area contributed by atoms with Crippen molar-refractivity contribution in [2.45, 2.75) is 33.4 Å². The van der Waals surface area contributed by atoms with Crippen LogP contribution in [-0.4, -0.2) is 21.4 Å². The van der Waals surface area contributed by atoms with Crippen LogP contribution in [-0.2, 0) is 11.3 Å². The number of hydrogen-bond donors (Lipinski definition) is 2. The van der Waals surface area contributed by atoms with Crippen LogP contribution < -0.4 is 10.6 Å². The zero-order valence-electron chi connectivity index (χ0n) is 18.7. The topological polar surface area (TPSA) is 76.0 Å². The van der Waals surface area contributed by atoms with Gasteiger partial charge in [0.05, 0.1) is 17.1 Å². The van der Waals surface area contributed by atoms with Crippen LogP contribution in [0.1, 0.15) is 40.3 Å². The highest BCUT2D eigenvalue weighted by atomic mass is 35.5. The first-order chi connectivity index (χ1) is 15.8. The van der Waals surface area contributed by atoms with Crippen LogP contribution in [0.5, 0.6) is 0 Å². The summed E-state index contributed by atoms with van der Waals surface area (Å²) in [5.41, 5.74) is 5.12. The molecule has 1 heterocycles. The number of nitrogens with one attached hydrogen (secondary N) is 2. The molecule has 0 aliphatic carbocycles. The number of amides is 2. The minimum absolute atomic E-state index is 0.0733. The average Bonchev–Trinajstić information content (AvgIpc) is 3.15. The van der Waals surface area contributed by atoms with Crippen LogP contribution in [0.25, 0.3) is 11.0 Å². The number of fused-ring (bicyclic) bond motifs is 1. The Kier molecular flexibility index (Phi) is 6.47. The molecule has 0 fully saturated rings. The molecule has 0 spiro atoms. The van der Waals surface area contributed by atoms with Crippen LogP contribution in [0.3, 0.4) is 0 Å². The van der Waals surface area contributed by atoms with Crippen molar-refractivity contribution in [3.63, 3.8) is 0 Å². The van der Waals surface area contributed by atoms with E-state index in [0.29, 0.717) is 16.4 Å². The summed E-state index contributed by atoms with van der Waals surface area (Å²) in [6.07, 6.45) is 0. The number of nitrogens with zero attached hydrogens (tertiary/aromatic N) is 2. The van der Waals surface area contributed by atoms with Gasteiger partial charge in [0.15, 0.2) is 0 Å². The number of imidazole rings is 1. The molecule has 0 aliphatic rings. The minimum atomic E-state index is -0.421. The summed E-state index contributed by atoms with van der Waals surface area (Å²) in [4.78, 5) is 30.3. The van der Waals surface area contributed by atoms with Gasteiger partial charge < -0.3 is 15.2 Å².